The average Bonchev–Trinajstić information content (AvgIpc) is 2.72. The van der Waals surface area contributed by atoms with Gasteiger partial charge in [0.2, 0.25) is 0 Å². The number of para-hydroxylation sites is 1. The molecule has 0 unspecified atom stereocenters. The Bertz CT molecular complexity index is 993. The van der Waals surface area contributed by atoms with Crippen LogP contribution in [0.1, 0.15) is 39.2 Å². The van der Waals surface area contributed by atoms with Gasteiger partial charge in [-0.2, -0.15) is 0 Å². The Labute approximate surface area is 190 Å². The first kappa shape index (κ1) is 23.3. The number of hydrogen-bond donors (Lipinski definition) is 2. The maximum Gasteiger partial charge on any atom is 0.129 e. The van der Waals surface area contributed by atoms with Crippen LogP contribution in [0.5, 0.6) is 0 Å². The molecule has 1 aromatic heterocycles. The van der Waals surface area contributed by atoms with Gasteiger partial charge in [0.25, 0.3) is 0 Å². The van der Waals surface area contributed by atoms with Crippen molar-refractivity contribution in [1.82, 2.24) is 10.3 Å². The zero-order valence-corrected chi connectivity index (χ0v) is 19.3. The van der Waals surface area contributed by atoms with E-state index in [1.807, 2.05) is 6.07 Å². The largest absolute Gasteiger partial charge is 0.371 e. The molecule has 4 nitrogen and oxygen atoms in total. The molecule has 0 saturated carbocycles. The van der Waals surface area contributed by atoms with Crippen molar-refractivity contribution in [3.05, 3.63) is 66.0 Å². The quantitative estimate of drug-likeness (QED) is 0.526. The summed E-state index contributed by atoms with van der Waals surface area (Å²) in [6, 6.07) is 17.6. The highest BCUT2D eigenvalue weighted by atomic mass is 35.5. The summed E-state index contributed by atoms with van der Waals surface area (Å²) in [7, 11) is 0. The molecule has 0 radical (unpaired) electrons. The topological polar surface area (TPSA) is 40.2 Å². The minimum absolute atomic E-state index is 0. The summed E-state index contributed by atoms with van der Waals surface area (Å²) in [5.41, 5.74) is 3.40. The van der Waals surface area contributed by atoms with E-state index in [1.54, 1.807) is 12.1 Å². The SMILES string of the molecule is CC(C)(C)NC1CCN(c2cc(NCc3ccc(F)cc3)nc3ccccc23)CC1.Cl. The van der Waals surface area contributed by atoms with E-state index in [9.17, 15) is 4.39 Å². The standard InChI is InChI=1S/C25H31FN4.ClH/c1-25(2,3)29-20-12-14-30(15-13-20)23-16-24(28-22-7-5-4-6-21(22)23)27-17-18-8-10-19(26)11-9-18;/h4-11,16,20,29H,12-15,17H2,1-3H3,(H,27,28);1H. The van der Waals surface area contributed by atoms with Gasteiger partial charge in [0, 0.05) is 48.4 Å². The molecular formula is C25H32ClFN4. The first-order valence-electron chi connectivity index (χ1n) is 10.8. The van der Waals surface area contributed by atoms with Crippen molar-refractivity contribution in [2.45, 2.75) is 51.7 Å². The summed E-state index contributed by atoms with van der Waals surface area (Å²) < 4.78 is 13.2. The Hall–Kier alpha value is -2.37. The molecule has 166 valence electrons. The van der Waals surface area contributed by atoms with Crippen molar-refractivity contribution >= 4 is 34.8 Å². The van der Waals surface area contributed by atoms with Crippen LogP contribution in [-0.4, -0.2) is 29.7 Å². The number of hydrogen-bond acceptors (Lipinski definition) is 4. The number of halogens is 2. The fourth-order valence-electron chi connectivity index (χ4n) is 4.18. The molecule has 2 N–H and O–H groups in total. The van der Waals surface area contributed by atoms with Crippen LogP contribution in [0.15, 0.2) is 54.6 Å². The molecule has 4 rings (SSSR count). The Morgan fingerprint density at radius 2 is 1.71 bits per heavy atom. The Morgan fingerprint density at radius 1 is 1.03 bits per heavy atom. The second-order valence-electron chi connectivity index (χ2n) is 9.18. The molecule has 1 fully saturated rings. The van der Waals surface area contributed by atoms with Gasteiger partial charge in [0.05, 0.1) is 5.52 Å². The lowest BCUT2D eigenvalue weighted by Gasteiger charge is -2.37. The van der Waals surface area contributed by atoms with Crippen LogP contribution >= 0.6 is 12.4 Å². The summed E-state index contributed by atoms with van der Waals surface area (Å²) in [5.74, 6) is 0.636. The predicted molar refractivity (Wildman–Crippen MR) is 131 cm³/mol. The minimum atomic E-state index is -0.214. The Kier molecular flexibility index (Phi) is 7.39. The zero-order valence-electron chi connectivity index (χ0n) is 18.5. The highest BCUT2D eigenvalue weighted by Crippen LogP contribution is 2.31. The van der Waals surface area contributed by atoms with E-state index in [2.05, 4.69) is 60.6 Å². The maximum absolute atomic E-state index is 13.2. The molecule has 2 aromatic carbocycles. The van der Waals surface area contributed by atoms with E-state index in [-0.39, 0.29) is 23.8 Å². The van der Waals surface area contributed by atoms with Crippen LogP contribution in [0, 0.1) is 5.82 Å². The molecule has 0 spiro atoms. The lowest BCUT2D eigenvalue weighted by molar-refractivity contribution is 0.317. The molecule has 0 amide bonds. The lowest BCUT2D eigenvalue weighted by atomic mass is 9.99. The van der Waals surface area contributed by atoms with Crippen LogP contribution in [0.4, 0.5) is 15.9 Å². The van der Waals surface area contributed by atoms with E-state index >= 15 is 0 Å². The van der Waals surface area contributed by atoms with E-state index in [0.29, 0.717) is 12.6 Å². The first-order chi connectivity index (χ1) is 14.4. The molecule has 6 heteroatoms. The lowest BCUT2D eigenvalue weighted by Crippen LogP contribution is -2.49. The van der Waals surface area contributed by atoms with Crippen molar-refractivity contribution in [2.24, 2.45) is 0 Å². The molecule has 1 aliphatic rings. The molecule has 1 aliphatic heterocycles. The Morgan fingerprint density at radius 3 is 2.39 bits per heavy atom. The van der Waals surface area contributed by atoms with E-state index in [0.717, 1.165) is 42.8 Å². The van der Waals surface area contributed by atoms with Crippen LogP contribution in [0.2, 0.25) is 0 Å². The molecular weight excluding hydrogens is 411 g/mol. The zero-order chi connectivity index (χ0) is 21.1. The molecule has 1 saturated heterocycles. The highest BCUT2D eigenvalue weighted by Gasteiger charge is 2.24. The summed E-state index contributed by atoms with van der Waals surface area (Å²) in [6.07, 6.45) is 2.26. The van der Waals surface area contributed by atoms with Crippen LogP contribution in [0.25, 0.3) is 10.9 Å². The monoisotopic (exact) mass is 442 g/mol. The number of benzene rings is 2. The third-order valence-electron chi connectivity index (χ3n) is 5.55. The van der Waals surface area contributed by atoms with Crippen molar-refractivity contribution in [3.63, 3.8) is 0 Å². The summed E-state index contributed by atoms with van der Waals surface area (Å²) in [6.45, 7) is 9.36. The molecule has 31 heavy (non-hydrogen) atoms. The molecule has 0 bridgehead atoms. The molecule has 0 atom stereocenters. The Balaban J connectivity index is 0.00000272. The fourth-order valence-corrected chi connectivity index (χ4v) is 4.18. The number of pyridine rings is 1. The van der Waals surface area contributed by atoms with E-state index < -0.39 is 0 Å². The van der Waals surface area contributed by atoms with Gasteiger partial charge in [-0.15, -0.1) is 12.4 Å². The second-order valence-corrected chi connectivity index (χ2v) is 9.18. The normalized spacial score (nSPS) is 15.0. The van der Waals surface area contributed by atoms with Gasteiger partial charge in [0.15, 0.2) is 0 Å². The number of nitrogens with one attached hydrogen (secondary N) is 2. The fraction of sp³-hybridized carbons (Fsp3) is 0.400. The smallest absolute Gasteiger partial charge is 0.129 e. The average molecular weight is 443 g/mol. The molecule has 3 aromatic rings. The molecule has 2 heterocycles. The van der Waals surface area contributed by atoms with Crippen molar-refractivity contribution < 1.29 is 4.39 Å². The van der Waals surface area contributed by atoms with Gasteiger partial charge in [-0.25, -0.2) is 9.37 Å². The van der Waals surface area contributed by atoms with Crippen LogP contribution in [-0.2, 0) is 6.54 Å². The maximum atomic E-state index is 13.2. The van der Waals surface area contributed by atoms with E-state index in [1.165, 1.54) is 23.2 Å². The third-order valence-corrected chi connectivity index (χ3v) is 5.55. The minimum Gasteiger partial charge on any atom is -0.371 e. The summed E-state index contributed by atoms with van der Waals surface area (Å²) in [4.78, 5) is 7.28. The van der Waals surface area contributed by atoms with Crippen molar-refractivity contribution in [1.29, 1.82) is 0 Å². The third kappa shape index (κ3) is 6.08. The summed E-state index contributed by atoms with van der Waals surface area (Å²) >= 11 is 0. The van der Waals surface area contributed by atoms with Gasteiger partial charge in [-0.05, 0) is 57.4 Å². The number of anilines is 2. The van der Waals surface area contributed by atoms with E-state index in [4.69, 9.17) is 4.98 Å². The number of piperidine rings is 1. The van der Waals surface area contributed by atoms with Gasteiger partial charge in [-0.1, -0.05) is 30.3 Å². The van der Waals surface area contributed by atoms with Crippen molar-refractivity contribution in [3.8, 4) is 0 Å². The van der Waals surface area contributed by atoms with Gasteiger partial charge in [0.1, 0.15) is 11.6 Å². The number of fused-ring (bicyclic) bond motifs is 1. The number of nitrogens with zero attached hydrogens (tertiary/aromatic N) is 2. The van der Waals surface area contributed by atoms with Gasteiger partial charge >= 0.3 is 0 Å². The first-order valence-corrected chi connectivity index (χ1v) is 10.8. The predicted octanol–water partition coefficient (Wildman–Crippen LogP) is 5.76. The summed E-state index contributed by atoms with van der Waals surface area (Å²) in [5, 5.41) is 8.35. The van der Waals surface area contributed by atoms with Crippen LogP contribution < -0.4 is 15.5 Å². The van der Waals surface area contributed by atoms with Gasteiger partial charge < -0.3 is 15.5 Å². The molecule has 0 aliphatic carbocycles. The number of aromatic nitrogens is 1. The van der Waals surface area contributed by atoms with Crippen LogP contribution in [0.3, 0.4) is 0 Å². The van der Waals surface area contributed by atoms with Crippen molar-refractivity contribution in [2.75, 3.05) is 23.3 Å². The second kappa shape index (κ2) is 9.84. The number of rotatable bonds is 5. The van der Waals surface area contributed by atoms with Gasteiger partial charge in [-0.3, -0.25) is 0 Å². The highest BCUT2D eigenvalue weighted by molar-refractivity contribution is 5.93.